The third-order valence-corrected chi connectivity index (χ3v) is 6.73. The molecule has 4 rings (SSSR count). The fourth-order valence-electron chi connectivity index (χ4n) is 4.23. The van der Waals surface area contributed by atoms with Crippen molar-refractivity contribution in [3.05, 3.63) is 68.7 Å². The van der Waals surface area contributed by atoms with Gasteiger partial charge in [0, 0.05) is 27.6 Å². The highest BCUT2D eigenvalue weighted by atomic mass is 35.5. The molecule has 0 bridgehead atoms. The van der Waals surface area contributed by atoms with Crippen molar-refractivity contribution in [3.63, 3.8) is 0 Å². The van der Waals surface area contributed by atoms with Crippen LogP contribution in [0.2, 0.25) is 10.0 Å². The number of rotatable bonds is 6. The third-order valence-electron chi connectivity index (χ3n) is 6.29. The van der Waals surface area contributed by atoms with Crippen molar-refractivity contribution in [1.82, 2.24) is 10.2 Å². The van der Waals surface area contributed by atoms with Gasteiger partial charge in [0.1, 0.15) is 12.3 Å². The van der Waals surface area contributed by atoms with Gasteiger partial charge in [0.15, 0.2) is 0 Å². The lowest BCUT2D eigenvalue weighted by molar-refractivity contribution is -0.275. The van der Waals surface area contributed by atoms with Crippen LogP contribution in [0.15, 0.2) is 41.6 Å². The molecular formula is C24H20Cl2F4N4O3. The lowest BCUT2D eigenvalue weighted by Crippen LogP contribution is -2.63. The van der Waals surface area contributed by atoms with E-state index in [2.05, 4.69) is 10.5 Å². The molecule has 2 aromatic rings. The summed E-state index contributed by atoms with van der Waals surface area (Å²) in [6.07, 6.45) is -6.66. The van der Waals surface area contributed by atoms with Crippen molar-refractivity contribution in [1.29, 1.82) is 5.26 Å². The SMILES string of the molecule is Cc1cc(C2=NOC(c3cc(Cl)cc(Cl)c3)(C(F)(F)F)C2)ccc1C(=O)NCC(O)N1CC(F)(C#N)C1. The summed E-state index contributed by atoms with van der Waals surface area (Å²) in [6, 6.07) is 9.45. The van der Waals surface area contributed by atoms with Crippen LogP contribution in [0.25, 0.3) is 0 Å². The number of benzene rings is 2. The van der Waals surface area contributed by atoms with E-state index in [1.54, 1.807) is 6.92 Å². The number of aryl methyl sites for hydroxylation is 1. The Morgan fingerprint density at radius 3 is 2.49 bits per heavy atom. The van der Waals surface area contributed by atoms with Crippen LogP contribution in [0.3, 0.4) is 0 Å². The fraction of sp³-hybridized carbons (Fsp3) is 0.375. The molecule has 2 aliphatic rings. The first-order valence-corrected chi connectivity index (χ1v) is 11.7. The van der Waals surface area contributed by atoms with Crippen LogP contribution in [0.4, 0.5) is 17.6 Å². The van der Waals surface area contributed by atoms with Crippen LogP contribution in [0.1, 0.15) is 33.5 Å². The molecule has 0 aromatic heterocycles. The van der Waals surface area contributed by atoms with Gasteiger partial charge in [-0.1, -0.05) is 34.4 Å². The van der Waals surface area contributed by atoms with E-state index in [-0.39, 0.29) is 46.5 Å². The average Bonchev–Trinajstić information content (AvgIpc) is 3.27. The molecule has 37 heavy (non-hydrogen) atoms. The van der Waals surface area contributed by atoms with Crippen LogP contribution in [-0.2, 0) is 10.4 Å². The zero-order valence-corrected chi connectivity index (χ0v) is 20.8. The number of carbonyl (C=O) groups excluding carboxylic acids is 1. The molecule has 2 atom stereocenters. The number of aliphatic hydroxyl groups is 1. The van der Waals surface area contributed by atoms with Gasteiger partial charge in [0.05, 0.1) is 25.3 Å². The van der Waals surface area contributed by atoms with Gasteiger partial charge in [-0.15, -0.1) is 0 Å². The van der Waals surface area contributed by atoms with E-state index >= 15 is 0 Å². The lowest BCUT2D eigenvalue weighted by atomic mass is 9.86. The maximum atomic E-state index is 14.2. The summed E-state index contributed by atoms with van der Waals surface area (Å²) in [5.41, 5.74) is -4.07. The minimum Gasteiger partial charge on any atom is -0.376 e. The average molecular weight is 559 g/mol. The summed E-state index contributed by atoms with van der Waals surface area (Å²) in [6.45, 7) is 0.857. The van der Waals surface area contributed by atoms with Crippen molar-refractivity contribution < 1.29 is 32.3 Å². The van der Waals surface area contributed by atoms with Crippen molar-refractivity contribution in [3.8, 4) is 6.07 Å². The number of nitrogens with zero attached hydrogens (tertiary/aromatic N) is 3. The number of amides is 1. The van der Waals surface area contributed by atoms with E-state index < -0.39 is 36.0 Å². The molecule has 196 valence electrons. The second-order valence-corrected chi connectivity index (χ2v) is 9.86. The Bertz CT molecular complexity index is 1290. The molecule has 0 spiro atoms. The molecule has 1 amide bonds. The number of likely N-dealkylation sites (tertiary alicyclic amines) is 1. The van der Waals surface area contributed by atoms with E-state index in [9.17, 15) is 27.5 Å². The molecule has 2 N–H and O–H groups in total. The summed E-state index contributed by atoms with van der Waals surface area (Å²) >= 11 is 11.8. The first-order chi connectivity index (χ1) is 17.3. The van der Waals surface area contributed by atoms with E-state index in [4.69, 9.17) is 33.3 Å². The van der Waals surface area contributed by atoms with Crippen molar-refractivity contribution in [2.75, 3.05) is 19.6 Å². The van der Waals surface area contributed by atoms with Gasteiger partial charge in [-0.25, -0.2) is 4.39 Å². The Balaban J connectivity index is 1.46. The molecule has 2 aliphatic heterocycles. The molecule has 2 heterocycles. The summed E-state index contributed by atoms with van der Waals surface area (Å²) < 4.78 is 56.3. The second kappa shape index (κ2) is 9.76. The van der Waals surface area contributed by atoms with Crippen LogP contribution < -0.4 is 5.32 Å². The standard InChI is InChI=1S/C24H20Cl2F4N4O3/c1-13-4-14(2-3-18(13)21(36)32-9-20(35)34-11-22(27,10-31)12-34)19-8-23(37-33-19,24(28,29)30)15-5-16(25)7-17(26)6-15/h2-7,20,35H,8-9,11-12H2,1H3,(H,32,36). The van der Waals surface area contributed by atoms with Gasteiger partial charge in [-0.05, 0) is 48.4 Å². The largest absolute Gasteiger partial charge is 0.435 e. The number of aliphatic hydroxyl groups excluding tert-OH is 1. The number of alkyl halides is 4. The number of nitrogens with one attached hydrogen (secondary N) is 1. The third kappa shape index (κ3) is 5.25. The van der Waals surface area contributed by atoms with Crippen molar-refractivity contribution >= 4 is 34.8 Å². The van der Waals surface area contributed by atoms with Gasteiger partial charge in [0.2, 0.25) is 5.67 Å². The number of oxime groups is 1. The summed E-state index contributed by atoms with van der Waals surface area (Å²) in [7, 11) is 0. The van der Waals surface area contributed by atoms with E-state index in [0.29, 0.717) is 11.1 Å². The number of hydrogen-bond donors (Lipinski definition) is 2. The van der Waals surface area contributed by atoms with Crippen LogP contribution in [-0.4, -0.2) is 59.3 Å². The Morgan fingerprint density at radius 2 is 1.92 bits per heavy atom. The highest BCUT2D eigenvalue weighted by molar-refractivity contribution is 6.34. The zero-order valence-electron chi connectivity index (χ0n) is 19.2. The monoisotopic (exact) mass is 558 g/mol. The smallest absolute Gasteiger partial charge is 0.376 e. The van der Waals surface area contributed by atoms with E-state index in [1.807, 2.05) is 0 Å². The first-order valence-electron chi connectivity index (χ1n) is 11.0. The number of nitriles is 1. The van der Waals surface area contributed by atoms with Crippen molar-refractivity contribution in [2.24, 2.45) is 5.16 Å². The number of halogens is 6. The van der Waals surface area contributed by atoms with Gasteiger partial charge >= 0.3 is 6.18 Å². The first kappa shape index (κ1) is 27.1. The quantitative estimate of drug-likeness (QED) is 0.509. The predicted octanol–water partition coefficient (Wildman–Crippen LogP) is 4.48. The molecule has 7 nitrogen and oxygen atoms in total. The Hall–Kier alpha value is -2.91. The Morgan fingerprint density at radius 1 is 1.27 bits per heavy atom. The molecule has 1 saturated heterocycles. The van der Waals surface area contributed by atoms with Gasteiger partial charge in [0.25, 0.3) is 11.5 Å². The maximum absolute atomic E-state index is 14.2. The molecule has 0 saturated carbocycles. The van der Waals surface area contributed by atoms with Crippen LogP contribution in [0, 0.1) is 18.3 Å². The van der Waals surface area contributed by atoms with E-state index in [1.165, 1.54) is 35.2 Å². The molecule has 0 aliphatic carbocycles. The molecule has 0 radical (unpaired) electrons. The highest BCUT2D eigenvalue weighted by Crippen LogP contribution is 2.49. The minimum atomic E-state index is -4.84. The molecule has 2 unspecified atom stereocenters. The maximum Gasteiger partial charge on any atom is 0.435 e. The molecule has 1 fully saturated rings. The second-order valence-electron chi connectivity index (χ2n) is 8.99. The summed E-state index contributed by atoms with van der Waals surface area (Å²) in [4.78, 5) is 18.9. The normalized spacial score (nSPS) is 21.9. The van der Waals surface area contributed by atoms with Gasteiger partial charge < -0.3 is 15.3 Å². The topological polar surface area (TPSA) is 97.9 Å². The van der Waals surface area contributed by atoms with Crippen LogP contribution >= 0.6 is 23.2 Å². The fourth-order valence-corrected chi connectivity index (χ4v) is 4.76. The number of hydrogen-bond acceptors (Lipinski definition) is 6. The Labute approximate surface area is 219 Å². The van der Waals surface area contributed by atoms with E-state index in [0.717, 1.165) is 12.1 Å². The predicted molar refractivity (Wildman–Crippen MR) is 127 cm³/mol. The zero-order chi connectivity index (χ0) is 27.2. The molecule has 2 aromatic carbocycles. The van der Waals surface area contributed by atoms with Crippen LogP contribution in [0.5, 0.6) is 0 Å². The molecule has 13 heteroatoms. The highest BCUT2D eigenvalue weighted by Gasteiger charge is 2.62. The van der Waals surface area contributed by atoms with Gasteiger partial charge in [-0.3, -0.25) is 9.69 Å². The number of carbonyl (C=O) groups is 1. The molecular weight excluding hydrogens is 539 g/mol. The van der Waals surface area contributed by atoms with Gasteiger partial charge in [-0.2, -0.15) is 18.4 Å². The summed E-state index contributed by atoms with van der Waals surface area (Å²) in [5, 5.41) is 25.1. The van der Waals surface area contributed by atoms with Crippen molar-refractivity contribution in [2.45, 2.75) is 37.0 Å². The Kier molecular flexibility index (Phi) is 7.16. The summed E-state index contributed by atoms with van der Waals surface area (Å²) in [5.74, 6) is -0.543. The lowest BCUT2D eigenvalue weighted by Gasteiger charge is -2.42. The minimum absolute atomic E-state index is 0.0164.